The molecule has 0 radical (unpaired) electrons. The molecule has 3 N–H and O–H groups in total. The van der Waals surface area contributed by atoms with E-state index in [2.05, 4.69) is 10.6 Å². The highest BCUT2D eigenvalue weighted by Gasteiger charge is 2.13. The molecule has 0 fully saturated rings. The van der Waals surface area contributed by atoms with E-state index in [0.717, 1.165) is 0 Å². The molecule has 0 aliphatic heterocycles. The summed E-state index contributed by atoms with van der Waals surface area (Å²) in [7, 11) is 1.53. The summed E-state index contributed by atoms with van der Waals surface area (Å²) in [4.78, 5) is 11.8. The third-order valence-electron chi connectivity index (χ3n) is 3.06. The number of nitrogens with one attached hydrogen (secondary N) is 2. The second-order valence-corrected chi connectivity index (χ2v) is 5.04. The Hall–Kier alpha value is -2.24. The highest BCUT2D eigenvalue weighted by atomic mass is 35.5. The molecule has 22 heavy (non-hydrogen) atoms. The number of hydrogen-bond acceptors (Lipinski definition) is 3. The van der Waals surface area contributed by atoms with Gasteiger partial charge < -0.3 is 20.5 Å². The minimum atomic E-state index is -0.855. The number of halogens is 1. The number of aliphatic hydroxyl groups is 1. The number of anilines is 1. The maximum Gasteiger partial charge on any atom is 0.319 e. The molecule has 5 nitrogen and oxygen atoms in total. The van der Waals surface area contributed by atoms with Crippen LogP contribution in [-0.2, 0) is 0 Å². The SMILES string of the molecule is COc1ccccc1[C@@H](O)CNC(=O)Nc1ccc(Cl)cc1. The molecule has 2 amide bonds. The van der Waals surface area contributed by atoms with Gasteiger partial charge in [-0.25, -0.2) is 4.79 Å². The van der Waals surface area contributed by atoms with Gasteiger partial charge >= 0.3 is 6.03 Å². The maximum atomic E-state index is 11.8. The summed E-state index contributed by atoms with van der Waals surface area (Å²) in [5.74, 6) is 0.579. The monoisotopic (exact) mass is 320 g/mol. The van der Waals surface area contributed by atoms with Gasteiger partial charge in [-0.15, -0.1) is 0 Å². The molecular formula is C16H17ClN2O3. The number of ether oxygens (including phenoxy) is 1. The maximum absolute atomic E-state index is 11.8. The Morgan fingerprint density at radius 2 is 1.91 bits per heavy atom. The van der Waals surface area contributed by atoms with Gasteiger partial charge in [0, 0.05) is 22.8 Å². The summed E-state index contributed by atoms with van der Waals surface area (Å²) in [6.07, 6.45) is -0.855. The van der Waals surface area contributed by atoms with Gasteiger partial charge in [0.2, 0.25) is 0 Å². The molecule has 0 bridgehead atoms. The van der Waals surface area contributed by atoms with Crippen molar-refractivity contribution >= 4 is 23.3 Å². The number of amides is 2. The summed E-state index contributed by atoms with van der Waals surface area (Å²) in [5, 5.41) is 16.0. The van der Waals surface area contributed by atoms with Gasteiger partial charge in [0.15, 0.2) is 0 Å². The first kappa shape index (κ1) is 16.1. The second kappa shape index (κ2) is 7.68. The molecule has 0 saturated carbocycles. The predicted octanol–water partition coefficient (Wildman–Crippen LogP) is 3.20. The molecule has 0 spiro atoms. The number of rotatable bonds is 5. The van der Waals surface area contributed by atoms with E-state index in [9.17, 15) is 9.90 Å². The van der Waals surface area contributed by atoms with Crippen LogP contribution in [0.3, 0.4) is 0 Å². The van der Waals surface area contributed by atoms with Crippen molar-refractivity contribution in [3.63, 3.8) is 0 Å². The summed E-state index contributed by atoms with van der Waals surface area (Å²) < 4.78 is 5.18. The predicted molar refractivity (Wildman–Crippen MR) is 86.4 cm³/mol. The number of urea groups is 1. The molecule has 0 aliphatic rings. The van der Waals surface area contributed by atoms with Crippen LogP contribution in [0.15, 0.2) is 48.5 Å². The zero-order chi connectivity index (χ0) is 15.9. The van der Waals surface area contributed by atoms with Gasteiger partial charge in [-0.05, 0) is 30.3 Å². The fourth-order valence-electron chi connectivity index (χ4n) is 1.95. The van der Waals surface area contributed by atoms with Gasteiger partial charge in [-0.1, -0.05) is 29.8 Å². The van der Waals surface area contributed by atoms with Crippen molar-refractivity contribution in [1.82, 2.24) is 5.32 Å². The Morgan fingerprint density at radius 3 is 2.59 bits per heavy atom. The Balaban J connectivity index is 1.89. The second-order valence-electron chi connectivity index (χ2n) is 4.60. The lowest BCUT2D eigenvalue weighted by Gasteiger charge is -2.15. The zero-order valence-corrected chi connectivity index (χ0v) is 12.8. The molecule has 6 heteroatoms. The van der Waals surface area contributed by atoms with Crippen LogP contribution in [0.4, 0.5) is 10.5 Å². The number of methoxy groups -OCH3 is 1. The number of hydrogen-bond donors (Lipinski definition) is 3. The Bertz CT molecular complexity index is 632. The van der Waals surface area contributed by atoms with E-state index in [4.69, 9.17) is 16.3 Å². The average molecular weight is 321 g/mol. The highest BCUT2D eigenvalue weighted by molar-refractivity contribution is 6.30. The summed E-state index contributed by atoms with van der Waals surface area (Å²) in [5.41, 5.74) is 1.24. The topological polar surface area (TPSA) is 70.6 Å². The van der Waals surface area contributed by atoms with Crippen LogP contribution in [0.5, 0.6) is 5.75 Å². The fourth-order valence-corrected chi connectivity index (χ4v) is 2.08. The van der Waals surface area contributed by atoms with Crippen LogP contribution >= 0.6 is 11.6 Å². The van der Waals surface area contributed by atoms with E-state index in [1.165, 1.54) is 7.11 Å². The van der Waals surface area contributed by atoms with Crippen molar-refractivity contribution in [1.29, 1.82) is 0 Å². The van der Waals surface area contributed by atoms with E-state index in [0.29, 0.717) is 22.0 Å². The lowest BCUT2D eigenvalue weighted by Crippen LogP contribution is -2.32. The smallest absolute Gasteiger partial charge is 0.319 e. The number of carbonyl (C=O) groups excluding carboxylic acids is 1. The zero-order valence-electron chi connectivity index (χ0n) is 12.0. The quantitative estimate of drug-likeness (QED) is 0.792. The molecule has 2 rings (SSSR count). The standard InChI is InChI=1S/C16H17ClN2O3/c1-22-15-5-3-2-4-13(15)14(20)10-18-16(21)19-12-8-6-11(17)7-9-12/h2-9,14,20H,10H2,1H3,(H2,18,19,21)/t14-/m0/s1. The Labute approximate surface area is 133 Å². The normalized spacial score (nSPS) is 11.6. The van der Waals surface area contributed by atoms with E-state index in [-0.39, 0.29) is 6.54 Å². The minimum absolute atomic E-state index is 0.0692. The molecule has 0 unspecified atom stereocenters. The molecular weight excluding hydrogens is 304 g/mol. The van der Waals surface area contributed by atoms with Crippen molar-refractivity contribution in [3.8, 4) is 5.75 Å². The van der Waals surface area contributed by atoms with E-state index in [1.54, 1.807) is 42.5 Å². The van der Waals surface area contributed by atoms with E-state index < -0.39 is 12.1 Å². The molecule has 2 aromatic carbocycles. The lowest BCUT2D eigenvalue weighted by molar-refractivity contribution is 0.171. The van der Waals surface area contributed by atoms with Gasteiger partial charge in [0.25, 0.3) is 0 Å². The fraction of sp³-hybridized carbons (Fsp3) is 0.188. The molecule has 0 heterocycles. The van der Waals surface area contributed by atoms with Gasteiger partial charge in [0.05, 0.1) is 13.2 Å². The number of carbonyl (C=O) groups is 1. The summed E-state index contributed by atoms with van der Waals surface area (Å²) >= 11 is 5.77. The van der Waals surface area contributed by atoms with Crippen LogP contribution in [0.2, 0.25) is 5.02 Å². The third-order valence-corrected chi connectivity index (χ3v) is 3.31. The van der Waals surface area contributed by atoms with Gasteiger partial charge in [0.1, 0.15) is 5.75 Å². The van der Waals surface area contributed by atoms with Gasteiger partial charge in [-0.3, -0.25) is 0 Å². The lowest BCUT2D eigenvalue weighted by atomic mass is 10.1. The first-order valence-electron chi connectivity index (χ1n) is 6.71. The largest absolute Gasteiger partial charge is 0.496 e. The minimum Gasteiger partial charge on any atom is -0.496 e. The van der Waals surface area contributed by atoms with Crippen LogP contribution in [0, 0.1) is 0 Å². The number of aliphatic hydroxyl groups excluding tert-OH is 1. The van der Waals surface area contributed by atoms with Crippen LogP contribution in [-0.4, -0.2) is 24.8 Å². The molecule has 0 saturated heterocycles. The van der Waals surface area contributed by atoms with Crippen LogP contribution in [0.1, 0.15) is 11.7 Å². The van der Waals surface area contributed by atoms with Crippen LogP contribution < -0.4 is 15.4 Å². The van der Waals surface area contributed by atoms with Gasteiger partial charge in [-0.2, -0.15) is 0 Å². The molecule has 0 aliphatic carbocycles. The van der Waals surface area contributed by atoms with Crippen molar-refractivity contribution in [2.45, 2.75) is 6.10 Å². The first-order valence-corrected chi connectivity index (χ1v) is 7.09. The number of benzene rings is 2. The van der Waals surface area contributed by atoms with E-state index >= 15 is 0 Å². The Morgan fingerprint density at radius 1 is 1.23 bits per heavy atom. The highest BCUT2D eigenvalue weighted by Crippen LogP contribution is 2.24. The average Bonchev–Trinajstić information content (AvgIpc) is 2.54. The first-order chi connectivity index (χ1) is 10.6. The van der Waals surface area contributed by atoms with Crippen molar-refractivity contribution in [2.24, 2.45) is 0 Å². The summed E-state index contributed by atoms with van der Waals surface area (Å²) in [6.45, 7) is 0.0692. The van der Waals surface area contributed by atoms with Crippen LogP contribution in [0.25, 0.3) is 0 Å². The van der Waals surface area contributed by atoms with E-state index in [1.807, 2.05) is 6.07 Å². The van der Waals surface area contributed by atoms with Crippen molar-refractivity contribution < 1.29 is 14.6 Å². The Kier molecular flexibility index (Phi) is 5.63. The molecule has 0 aromatic heterocycles. The summed E-state index contributed by atoms with van der Waals surface area (Å²) in [6, 6.07) is 13.5. The number of para-hydroxylation sites is 1. The third kappa shape index (κ3) is 4.38. The van der Waals surface area contributed by atoms with Crippen molar-refractivity contribution in [2.75, 3.05) is 19.0 Å². The molecule has 2 aromatic rings. The molecule has 1 atom stereocenters. The molecule has 116 valence electrons. The van der Waals surface area contributed by atoms with Crippen molar-refractivity contribution in [3.05, 3.63) is 59.1 Å².